The first-order chi connectivity index (χ1) is 10.9. The van der Waals surface area contributed by atoms with E-state index in [9.17, 15) is 9.59 Å². The standard InChI is InChI=1S/C17H20N2O4/c1-6-23-17(21)15-11(3)19(12(4)18-15)14-9-7-8-13(10(14)2)16(20)22-5/h7-9H,6H2,1-5H3. The molecule has 23 heavy (non-hydrogen) atoms. The first kappa shape index (κ1) is 16.7. The highest BCUT2D eigenvalue weighted by atomic mass is 16.5. The van der Waals surface area contributed by atoms with E-state index in [2.05, 4.69) is 4.98 Å². The van der Waals surface area contributed by atoms with Gasteiger partial charge in [0.25, 0.3) is 0 Å². The Hall–Kier alpha value is -2.63. The number of carbonyl (C=O) groups is 2. The summed E-state index contributed by atoms with van der Waals surface area (Å²) in [7, 11) is 1.35. The summed E-state index contributed by atoms with van der Waals surface area (Å²) in [4.78, 5) is 28.2. The lowest BCUT2D eigenvalue weighted by atomic mass is 10.1. The SMILES string of the molecule is CCOC(=O)c1nc(C)n(-c2cccc(C(=O)OC)c2C)c1C. The van der Waals surface area contributed by atoms with E-state index in [1.807, 2.05) is 17.6 Å². The number of esters is 2. The monoisotopic (exact) mass is 316 g/mol. The zero-order chi connectivity index (χ0) is 17.1. The summed E-state index contributed by atoms with van der Waals surface area (Å²) in [6.07, 6.45) is 0. The Morgan fingerprint density at radius 2 is 1.87 bits per heavy atom. The van der Waals surface area contributed by atoms with Gasteiger partial charge in [-0.15, -0.1) is 0 Å². The van der Waals surface area contributed by atoms with Crippen molar-refractivity contribution in [2.24, 2.45) is 0 Å². The van der Waals surface area contributed by atoms with Crippen molar-refractivity contribution in [1.29, 1.82) is 0 Å². The molecule has 0 aliphatic heterocycles. The van der Waals surface area contributed by atoms with Gasteiger partial charge in [-0.3, -0.25) is 0 Å². The quantitative estimate of drug-likeness (QED) is 0.811. The molecule has 2 rings (SSSR count). The van der Waals surface area contributed by atoms with Gasteiger partial charge in [0.2, 0.25) is 0 Å². The number of methoxy groups -OCH3 is 1. The minimum absolute atomic E-state index is 0.284. The van der Waals surface area contributed by atoms with E-state index in [0.717, 1.165) is 11.3 Å². The third-order valence-corrected chi connectivity index (χ3v) is 3.70. The van der Waals surface area contributed by atoms with Gasteiger partial charge >= 0.3 is 11.9 Å². The maximum absolute atomic E-state index is 12.0. The minimum Gasteiger partial charge on any atom is -0.465 e. The van der Waals surface area contributed by atoms with Crippen LogP contribution >= 0.6 is 0 Å². The number of benzene rings is 1. The number of rotatable bonds is 4. The number of nitrogens with zero attached hydrogens (tertiary/aromatic N) is 2. The number of carbonyl (C=O) groups excluding carboxylic acids is 2. The van der Waals surface area contributed by atoms with Crippen LogP contribution in [-0.4, -0.2) is 35.2 Å². The molecule has 0 aliphatic carbocycles. The third-order valence-electron chi connectivity index (χ3n) is 3.70. The fourth-order valence-corrected chi connectivity index (χ4v) is 2.59. The summed E-state index contributed by atoms with van der Waals surface area (Å²) in [5.74, 6) is -0.199. The van der Waals surface area contributed by atoms with E-state index in [1.165, 1.54) is 7.11 Å². The Morgan fingerprint density at radius 3 is 2.48 bits per heavy atom. The maximum atomic E-state index is 12.0. The molecule has 6 nitrogen and oxygen atoms in total. The van der Waals surface area contributed by atoms with Gasteiger partial charge in [0.1, 0.15) is 5.82 Å². The van der Waals surface area contributed by atoms with E-state index < -0.39 is 11.9 Å². The second-order valence-electron chi connectivity index (χ2n) is 5.09. The lowest BCUT2D eigenvalue weighted by Gasteiger charge is -2.14. The molecule has 0 atom stereocenters. The molecule has 1 aromatic heterocycles. The first-order valence-electron chi connectivity index (χ1n) is 7.33. The highest BCUT2D eigenvalue weighted by molar-refractivity contribution is 5.92. The molecule has 0 saturated heterocycles. The number of ether oxygens (including phenoxy) is 2. The average Bonchev–Trinajstić information content (AvgIpc) is 2.82. The van der Waals surface area contributed by atoms with Crippen LogP contribution in [0.1, 0.15) is 44.9 Å². The fraction of sp³-hybridized carbons (Fsp3) is 0.353. The van der Waals surface area contributed by atoms with E-state index in [0.29, 0.717) is 23.7 Å². The van der Waals surface area contributed by atoms with Gasteiger partial charge in [-0.1, -0.05) is 6.07 Å². The summed E-state index contributed by atoms with van der Waals surface area (Å²) in [5, 5.41) is 0. The van der Waals surface area contributed by atoms with E-state index in [4.69, 9.17) is 9.47 Å². The second-order valence-corrected chi connectivity index (χ2v) is 5.09. The molecule has 0 amide bonds. The predicted octanol–water partition coefficient (Wildman–Crippen LogP) is 2.76. The van der Waals surface area contributed by atoms with E-state index >= 15 is 0 Å². The molecule has 0 bridgehead atoms. The highest BCUT2D eigenvalue weighted by Gasteiger charge is 2.21. The van der Waals surface area contributed by atoms with Crippen LogP contribution in [0.5, 0.6) is 0 Å². The van der Waals surface area contributed by atoms with Crippen LogP contribution in [0.3, 0.4) is 0 Å². The van der Waals surface area contributed by atoms with Gasteiger partial charge in [0.15, 0.2) is 5.69 Å². The van der Waals surface area contributed by atoms with Gasteiger partial charge < -0.3 is 14.0 Å². The van der Waals surface area contributed by atoms with Crippen LogP contribution in [0.25, 0.3) is 5.69 Å². The molecule has 6 heteroatoms. The molecular formula is C17H20N2O4. The van der Waals surface area contributed by atoms with Crippen molar-refractivity contribution in [2.75, 3.05) is 13.7 Å². The number of imidazole rings is 1. The minimum atomic E-state index is -0.450. The summed E-state index contributed by atoms with van der Waals surface area (Å²) < 4.78 is 11.7. The van der Waals surface area contributed by atoms with Crippen LogP contribution in [0.2, 0.25) is 0 Å². The van der Waals surface area contributed by atoms with Crippen LogP contribution in [0.15, 0.2) is 18.2 Å². The molecule has 0 saturated carbocycles. The molecular weight excluding hydrogens is 296 g/mol. The van der Waals surface area contributed by atoms with Crippen molar-refractivity contribution in [3.05, 3.63) is 46.5 Å². The molecule has 0 N–H and O–H groups in total. The molecule has 0 unspecified atom stereocenters. The zero-order valence-electron chi connectivity index (χ0n) is 14.0. The van der Waals surface area contributed by atoms with Crippen LogP contribution in [0.4, 0.5) is 0 Å². The lowest BCUT2D eigenvalue weighted by molar-refractivity contribution is 0.0518. The Labute approximate surface area is 135 Å². The molecule has 1 aromatic carbocycles. The van der Waals surface area contributed by atoms with Crippen LogP contribution in [-0.2, 0) is 9.47 Å². The summed E-state index contributed by atoms with van der Waals surface area (Å²) in [6.45, 7) is 7.49. The number of hydrogen-bond acceptors (Lipinski definition) is 5. The van der Waals surface area contributed by atoms with Crippen molar-refractivity contribution in [2.45, 2.75) is 27.7 Å². The molecule has 0 radical (unpaired) electrons. The van der Waals surface area contributed by atoms with Crippen LogP contribution in [0, 0.1) is 20.8 Å². The maximum Gasteiger partial charge on any atom is 0.358 e. The van der Waals surface area contributed by atoms with E-state index in [-0.39, 0.29) is 5.69 Å². The van der Waals surface area contributed by atoms with Crippen LogP contribution < -0.4 is 0 Å². The number of hydrogen-bond donors (Lipinski definition) is 0. The second kappa shape index (κ2) is 6.64. The Morgan fingerprint density at radius 1 is 1.17 bits per heavy atom. The van der Waals surface area contributed by atoms with Crippen molar-refractivity contribution < 1.29 is 19.1 Å². The smallest absolute Gasteiger partial charge is 0.358 e. The predicted molar refractivity (Wildman–Crippen MR) is 85.1 cm³/mol. The molecule has 122 valence electrons. The van der Waals surface area contributed by atoms with Gasteiger partial charge in [-0.2, -0.15) is 0 Å². The van der Waals surface area contributed by atoms with Crippen molar-refractivity contribution >= 4 is 11.9 Å². The molecule has 0 fully saturated rings. The summed E-state index contributed by atoms with van der Waals surface area (Å²) in [5.41, 5.74) is 2.98. The van der Waals surface area contributed by atoms with E-state index in [1.54, 1.807) is 32.9 Å². The highest BCUT2D eigenvalue weighted by Crippen LogP contribution is 2.24. The van der Waals surface area contributed by atoms with Crippen molar-refractivity contribution in [3.8, 4) is 5.69 Å². The first-order valence-corrected chi connectivity index (χ1v) is 7.33. The molecule has 2 aromatic rings. The molecule has 1 heterocycles. The lowest BCUT2D eigenvalue weighted by Crippen LogP contribution is -2.10. The summed E-state index contributed by atoms with van der Waals surface area (Å²) >= 11 is 0. The topological polar surface area (TPSA) is 70.4 Å². The Kier molecular flexibility index (Phi) is 4.83. The fourth-order valence-electron chi connectivity index (χ4n) is 2.59. The van der Waals surface area contributed by atoms with Gasteiger partial charge in [-0.25, -0.2) is 14.6 Å². The normalized spacial score (nSPS) is 10.5. The number of aromatic nitrogens is 2. The molecule has 0 aliphatic rings. The molecule has 0 spiro atoms. The Bertz CT molecular complexity index is 762. The zero-order valence-corrected chi connectivity index (χ0v) is 14.0. The number of aryl methyl sites for hydroxylation is 1. The Balaban J connectivity index is 2.60. The van der Waals surface area contributed by atoms with Gasteiger partial charge in [-0.05, 0) is 45.4 Å². The van der Waals surface area contributed by atoms with Gasteiger partial charge in [0, 0.05) is 0 Å². The third kappa shape index (κ3) is 2.97. The van der Waals surface area contributed by atoms with Crippen molar-refractivity contribution in [3.63, 3.8) is 0 Å². The average molecular weight is 316 g/mol. The summed E-state index contributed by atoms with van der Waals surface area (Å²) in [6, 6.07) is 5.36. The van der Waals surface area contributed by atoms with Gasteiger partial charge in [0.05, 0.1) is 30.7 Å². The largest absolute Gasteiger partial charge is 0.465 e. The van der Waals surface area contributed by atoms with Crippen molar-refractivity contribution in [1.82, 2.24) is 9.55 Å².